The number of carbonyl (C=O) groups excluding carboxylic acids is 1. The van der Waals surface area contributed by atoms with Crippen LogP contribution in [0.25, 0.3) is 0 Å². The summed E-state index contributed by atoms with van der Waals surface area (Å²) in [5, 5.41) is 6.88. The third-order valence-corrected chi connectivity index (χ3v) is 5.49. The predicted molar refractivity (Wildman–Crippen MR) is 118 cm³/mol. The third-order valence-electron chi connectivity index (χ3n) is 5.49. The number of rotatable bonds is 5. The zero-order valence-corrected chi connectivity index (χ0v) is 18.1. The van der Waals surface area contributed by atoms with Crippen LogP contribution in [0.1, 0.15) is 44.6 Å². The Morgan fingerprint density at radius 2 is 2.26 bits per heavy atom. The summed E-state index contributed by atoms with van der Waals surface area (Å²) in [5.41, 5.74) is 2.10. The number of ether oxygens (including phenoxy) is 1. The van der Waals surface area contributed by atoms with Gasteiger partial charge in [0.2, 0.25) is 5.91 Å². The highest BCUT2D eigenvalue weighted by atomic mass is 127. The van der Waals surface area contributed by atoms with Crippen LogP contribution < -0.4 is 15.5 Å². The normalized spacial score (nSPS) is 27.0. The number of carbonyl (C=O) groups is 1. The van der Waals surface area contributed by atoms with Crippen molar-refractivity contribution in [3.8, 4) is 0 Å². The van der Waals surface area contributed by atoms with Gasteiger partial charge in [0.1, 0.15) is 0 Å². The molecule has 0 aliphatic carbocycles. The second-order valence-corrected chi connectivity index (χ2v) is 7.37. The summed E-state index contributed by atoms with van der Waals surface area (Å²) in [7, 11) is 0. The van der Waals surface area contributed by atoms with Gasteiger partial charge in [-0.3, -0.25) is 4.79 Å². The smallest absolute Gasteiger partial charge is 0.227 e. The number of nitrogens with zero attached hydrogens (tertiary/aromatic N) is 2. The van der Waals surface area contributed by atoms with Crippen molar-refractivity contribution in [2.75, 3.05) is 18.0 Å². The second kappa shape index (κ2) is 9.23. The molecular weight excluding hydrogens is 455 g/mol. The molecule has 3 atom stereocenters. The minimum atomic E-state index is 0. The second-order valence-electron chi connectivity index (χ2n) is 7.37. The van der Waals surface area contributed by atoms with E-state index in [0.717, 1.165) is 49.6 Å². The first-order valence-electron chi connectivity index (χ1n) is 9.82. The van der Waals surface area contributed by atoms with Gasteiger partial charge in [0.15, 0.2) is 5.96 Å². The van der Waals surface area contributed by atoms with Gasteiger partial charge in [-0.05, 0) is 50.3 Å². The molecule has 4 rings (SSSR count). The van der Waals surface area contributed by atoms with E-state index in [0.29, 0.717) is 31.2 Å². The number of fused-ring (bicyclic) bond motifs is 2. The number of benzene rings is 1. The zero-order valence-electron chi connectivity index (χ0n) is 15.8. The molecule has 3 saturated heterocycles. The Kier molecular flexibility index (Phi) is 6.97. The predicted octanol–water partition coefficient (Wildman–Crippen LogP) is 2.81. The van der Waals surface area contributed by atoms with Crippen LogP contribution in [0, 0.1) is 0 Å². The van der Waals surface area contributed by atoms with Gasteiger partial charge in [0, 0.05) is 25.2 Å². The molecule has 3 fully saturated rings. The van der Waals surface area contributed by atoms with Crippen molar-refractivity contribution in [1.29, 1.82) is 0 Å². The molecule has 2 bridgehead atoms. The molecule has 3 aliphatic rings. The molecule has 7 heteroatoms. The minimum Gasteiger partial charge on any atom is -0.373 e. The van der Waals surface area contributed by atoms with Crippen LogP contribution in [-0.4, -0.2) is 43.2 Å². The van der Waals surface area contributed by atoms with Gasteiger partial charge in [-0.25, -0.2) is 4.99 Å². The maximum atomic E-state index is 12.0. The van der Waals surface area contributed by atoms with Crippen LogP contribution in [0.2, 0.25) is 0 Å². The molecule has 0 saturated carbocycles. The van der Waals surface area contributed by atoms with Crippen LogP contribution >= 0.6 is 24.0 Å². The molecule has 0 aromatic heterocycles. The molecule has 3 aliphatic heterocycles. The van der Waals surface area contributed by atoms with Gasteiger partial charge in [0.25, 0.3) is 0 Å². The van der Waals surface area contributed by atoms with Crippen molar-refractivity contribution in [3.63, 3.8) is 0 Å². The summed E-state index contributed by atoms with van der Waals surface area (Å²) < 4.78 is 5.93. The van der Waals surface area contributed by atoms with E-state index in [1.807, 2.05) is 17.0 Å². The van der Waals surface area contributed by atoms with E-state index in [2.05, 4.69) is 29.7 Å². The van der Waals surface area contributed by atoms with Crippen molar-refractivity contribution in [1.82, 2.24) is 10.6 Å². The summed E-state index contributed by atoms with van der Waals surface area (Å²) >= 11 is 0. The van der Waals surface area contributed by atoms with Gasteiger partial charge in [-0.2, -0.15) is 0 Å². The van der Waals surface area contributed by atoms with Gasteiger partial charge in [0.05, 0.1) is 24.8 Å². The maximum Gasteiger partial charge on any atom is 0.227 e. The Balaban J connectivity index is 0.00000210. The molecule has 1 aromatic carbocycles. The monoisotopic (exact) mass is 484 g/mol. The SMILES string of the molecule is CCNC(=NCc1cccc(N2CCCC2=O)c1)NC1CC2CCC1O2.I. The van der Waals surface area contributed by atoms with E-state index in [-0.39, 0.29) is 29.9 Å². The first kappa shape index (κ1) is 20.4. The minimum absolute atomic E-state index is 0. The van der Waals surface area contributed by atoms with Crippen LogP contribution in [-0.2, 0) is 16.1 Å². The summed E-state index contributed by atoms with van der Waals surface area (Å²) in [6.45, 7) is 4.32. The Morgan fingerprint density at radius 1 is 1.37 bits per heavy atom. The first-order chi connectivity index (χ1) is 12.7. The summed E-state index contributed by atoms with van der Waals surface area (Å²) in [5.74, 6) is 1.06. The number of aliphatic imine (C=N–C) groups is 1. The molecule has 2 N–H and O–H groups in total. The highest BCUT2D eigenvalue weighted by Crippen LogP contribution is 2.34. The molecule has 1 aromatic rings. The molecule has 27 heavy (non-hydrogen) atoms. The highest BCUT2D eigenvalue weighted by molar-refractivity contribution is 14.0. The Morgan fingerprint density at radius 3 is 2.93 bits per heavy atom. The number of anilines is 1. The number of halogens is 1. The summed E-state index contributed by atoms with van der Waals surface area (Å²) in [6.07, 6.45) is 5.76. The summed E-state index contributed by atoms with van der Waals surface area (Å²) in [4.78, 5) is 18.6. The fourth-order valence-corrected chi connectivity index (χ4v) is 4.20. The average Bonchev–Trinajstić information content (AvgIpc) is 3.37. The molecule has 0 spiro atoms. The molecular formula is C20H29IN4O2. The van der Waals surface area contributed by atoms with Gasteiger partial charge >= 0.3 is 0 Å². The first-order valence-corrected chi connectivity index (χ1v) is 9.82. The van der Waals surface area contributed by atoms with Crippen molar-refractivity contribution in [3.05, 3.63) is 29.8 Å². The van der Waals surface area contributed by atoms with Crippen LogP contribution in [0.5, 0.6) is 0 Å². The number of guanidine groups is 1. The molecule has 3 heterocycles. The number of nitrogens with one attached hydrogen (secondary N) is 2. The van der Waals surface area contributed by atoms with Crippen LogP contribution in [0.3, 0.4) is 0 Å². The van der Waals surface area contributed by atoms with E-state index in [4.69, 9.17) is 9.73 Å². The standard InChI is InChI=1S/C20H28N4O2.HI/c1-2-21-20(23-17-12-16-8-9-18(17)26-16)22-13-14-5-3-6-15(11-14)24-10-4-7-19(24)25;/h3,5-6,11,16-18H,2,4,7-10,12-13H2,1H3,(H2,21,22,23);1H. The number of amides is 1. The Labute approximate surface area is 178 Å². The largest absolute Gasteiger partial charge is 0.373 e. The topological polar surface area (TPSA) is 66.0 Å². The zero-order chi connectivity index (χ0) is 17.9. The van der Waals surface area contributed by atoms with E-state index in [1.165, 1.54) is 6.42 Å². The Hall–Kier alpha value is -1.35. The summed E-state index contributed by atoms with van der Waals surface area (Å²) in [6, 6.07) is 8.52. The lowest BCUT2D eigenvalue weighted by Gasteiger charge is -2.22. The fraction of sp³-hybridized carbons (Fsp3) is 0.600. The third kappa shape index (κ3) is 4.74. The molecule has 6 nitrogen and oxygen atoms in total. The lowest BCUT2D eigenvalue weighted by Crippen LogP contribution is -2.47. The van der Waals surface area contributed by atoms with Gasteiger partial charge in [-0.1, -0.05) is 12.1 Å². The molecule has 1 amide bonds. The lowest BCUT2D eigenvalue weighted by atomic mass is 9.96. The average molecular weight is 484 g/mol. The molecule has 3 unspecified atom stereocenters. The lowest BCUT2D eigenvalue weighted by molar-refractivity contribution is -0.117. The molecule has 148 valence electrons. The van der Waals surface area contributed by atoms with E-state index < -0.39 is 0 Å². The highest BCUT2D eigenvalue weighted by Gasteiger charge is 2.41. The van der Waals surface area contributed by atoms with Crippen molar-refractivity contribution in [2.24, 2.45) is 4.99 Å². The number of hydrogen-bond donors (Lipinski definition) is 2. The van der Waals surface area contributed by atoms with E-state index in [9.17, 15) is 4.79 Å². The van der Waals surface area contributed by atoms with Crippen molar-refractivity contribution < 1.29 is 9.53 Å². The van der Waals surface area contributed by atoms with Crippen molar-refractivity contribution in [2.45, 2.75) is 63.8 Å². The maximum absolute atomic E-state index is 12.0. The van der Waals surface area contributed by atoms with Gasteiger partial charge < -0.3 is 20.3 Å². The Bertz CT molecular complexity index is 696. The molecule has 0 radical (unpaired) electrons. The van der Waals surface area contributed by atoms with Crippen LogP contribution in [0.4, 0.5) is 5.69 Å². The fourth-order valence-electron chi connectivity index (χ4n) is 4.20. The quantitative estimate of drug-likeness (QED) is 0.384. The van der Waals surface area contributed by atoms with E-state index in [1.54, 1.807) is 0 Å². The van der Waals surface area contributed by atoms with E-state index >= 15 is 0 Å². The van der Waals surface area contributed by atoms with Gasteiger partial charge in [-0.15, -0.1) is 24.0 Å². The van der Waals surface area contributed by atoms with Crippen LogP contribution in [0.15, 0.2) is 29.3 Å². The van der Waals surface area contributed by atoms with Crippen molar-refractivity contribution >= 4 is 41.5 Å². The number of hydrogen-bond acceptors (Lipinski definition) is 3.